The molecular weight excluding hydrogens is 252 g/mol. The van der Waals surface area contributed by atoms with Gasteiger partial charge in [-0.05, 0) is 64.6 Å². The van der Waals surface area contributed by atoms with E-state index in [0.717, 1.165) is 23.7 Å². The molecule has 0 heteroatoms. The maximum atomic E-state index is 2.69. The molecule has 0 bridgehead atoms. The van der Waals surface area contributed by atoms with Gasteiger partial charge in [0, 0.05) is 0 Å². The van der Waals surface area contributed by atoms with Crippen LogP contribution in [0.5, 0.6) is 0 Å². The fourth-order valence-electron chi connectivity index (χ4n) is 8.03. The highest BCUT2D eigenvalue weighted by molar-refractivity contribution is 5.40. The van der Waals surface area contributed by atoms with Crippen molar-refractivity contribution in [3.05, 3.63) is 0 Å². The lowest BCUT2D eigenvalue weighted by Gasteiger charge is -2.45. The molecule has 0 aromatic heterocycles. The second-order valence-electron chi connectivity index (χ2n) is 9.67. The van der Waals surface area contributed by atoms with Gasteiger partial charge in [-0.15, -0.1) is 0 Å². The van der Waals surface area contributed by atoms with Crippen LogP contribution in [0.2, 0.25) is 0 Å². The van der Waals surface area contributed by atoms with Crippen molar-refractivity contribution in [1.29, 1.82) is 0 Å². The first-order valence-corrected chi connectivity index (χ1v) is 9.68. The van der Waals surface area contributed by atoms with E-state index in [4.69, 9.17) is 0 Å². The Hall–Kier alpha value is 0. The van der Waals surface area contributed by atoms with E-state index >= 15 is 0 Å². The summed E-state index contributed by atoms with van der Waals surface area (Å²) in [6.45, 7) is 20.4. The summed E-state index contributed by atoms with van der Waals surface area (Å²) in [4.78, 5) is 0. The van der Waals surface area contributed by atoms with Crippen LogP contribution in [-0.4, -0.2) is 0 Å². The van der Waals surface area contributed by atoms with Crippen molar-refractivity contribution in [2.24, 2.45) is 45.3 Å². The van der Waals surface area contributed by atoms with Gasteiger partial charge in [-0.3, -0.25) is 0 Å². The zero-order valence-electron chi connectivity index (χ0n) is 15.8. The number of hydrogen-bond donors (Lipinski definition) is 0. The zero-order chi connectivity index (χ0) is 15.8. The first kappa shape index (κ1) is 15.9. The van der Waals surface area contributed by atoms with Gasteiger partial charge in [-0.2, -0.15) is 0 Å². The van der Waals surface area contributed by atoms with E-state index in [2.05, 4.69) is 55.4 Å². The topological polar surface area (TPSA) is 0 Å². The van der Waals surface area contributed by atoms with E-state index in [0.29, 0.717) is 21.7 Å². The highest BCUT2D eigenvalue weighted by atomic mass is 15.0. The van der Waals surface area contributed by atoms with Gasteiger partial charge in [-0.25, -0.2) is 0 Å². The van der Waals surface area contributed by atoms with Crippen molar-refractivity contribution in [1.82, 2.24) is 0 Å². The monoisotopic (exact) mass is 290 g/mol. The van der Waals surface area contributed by atoms with E-state index in [9.17, 15) is 0 Å². The largest absolute Gasteiger partial charge is 0.0651 e. The third-order valence-corrected chi connectivity index (χ3v) is 9.92. The minimum absolute atomic E-state index is 0.505. The second kappa shape index (κ2) is 4.30. The predicted octanol–water partition coefficient (Wildman–Crippen LogP) is 6.55. The van der Waals surface area contributed by atoms with Crippen LogP contribution in [0.4, 0.5) is 0 Å². The van der Waals surface area contributed by atoms with Gasteiger partial charge in [0.25, 0.3) is 0 Å². The van der Waals surface area contributed by atoms with Crippen LogP contribution in [0.25, 0.3) is 0 Å². The third-order valence-electron chi connectivity index (χ3n) is 9.92. The van der Waals surface area contributed by atoms with Gasteiger partial charge in [-0.1, -0.05) is 68.2 Å². The molecule has 0 heterocycles. The van der Waals surface area contributed by atoms with E-state index in [1.165, 1.54) is 32.1 Å². The fourth-order valence-corrected chi connectivity index (χ4v) is 8.03. The highest BCUT2D eigenvalue weighted by Crippen LogP contribution is 2.98. The molecule has 0 aromatic rings. The Kier molecular flexibility index (Phi) is 3.25. The Morgan fingerprint density at radius 3 is 2.10 bits per heavy atom. The molecule has 0 radical (unpaired) electrons. The van der Waals surface area contributed by atoms with Crippen molar-refractivity contribution in [3.8, 4) is 0 Å². The van der Waals surface area contributed by atoms with Crippen LogP contribution < -0.4 is 0 Å². The first-order chi connectivity index (χ1) is 9.68. The van der Waals surface area contributed by atoms with Crippen LogP contribution in [0, 0.1) is 45.3 Å². The normalized spacial score (nSPS) is 50.6. The van der Waals surface area contributed by atoms with Gasteiger partial charge in [0.1, 0.15) is 0 Å². The number of rotatable bonds is 6. The quantitative estimate of drug-likeness (QED) is 0.520. The molecule has 3 saturated carbocycles. The SMILES string of the molecule is CCC(C)C(C)(CC)C(C)C1(C)C2(C)CC(C)C21C1CC1. The Balaban J connectivity index is 1.96. The van der Waals surface area contributed by atoms with Crippen molar-refractivity contribution in [2.75, 3.05) is 0 Å². The molecule has 0 N–H and O–H groups in total. The van der Waals surface area contributed by atoms with Gasteiger partial charge >= 0.3 is 0 Å². The predicted molar refractivity (Wildman–Crippen MR) is 92.2 cm³/mol. The molecule has 0 nitrogen and oxygen atoms in total. The fraction of sp³-hybridized carbons (Fsp3) is 1.00. The lowest BCUT2D eigenvalue weighted by molar-refractivity contribution is 0.0287. The summed E-state index contributed by atoms with van der Waals surface area (Å²) in [5.41, 5.74) is 2.47. The van der Waals surface area contributed by atoms with Crippen molar-refractivity contribution in [2.45, 2.75) is 87.5 Å². The Morgan fingerprint density at radius 1 is 1.14 bits per heavy atom. The van der Waals surface area contributed by atoms with Crippen LogP contribution in [-0.2, 0) is 0 Å². The molecule has 3 rings (SSSR count). The summed E-state index contributed by atoms with van der Waals surface area (Å²) < 4.78 is 0. The molecule has 21 heavy (non-hydrogen) atoms. The summed E-state index contributed by atoms with van der Waals surface area (Å²) in [7, 11) is 0. The molecule has 0 saturated heterocycles. The highest BCUT2D eigenvalue weighted by Gasteiger charge is 2.93. The van der Waals surface area contributed by atoms with Crippen LogP contribution in [0.1, 0.15) is 87.5 Å². The van der Waals surface area contributed by atoms with Gasteiger partial charge in [0.05, 0.1) is 0 Å². The second-order valence-corrected chi connectivity index (χ2v) is 9.67. The molecule has 3 fully saturated rings. The van der Waals surface area contributed by atoms with E-state index in [1.54, 1.807) is 0 Å². The maximum Gasteiger partial charge on any atom is -0.0122 e. The average molecular weight is 291 g/mol. The number of fused-ring (bicyclic) bond motifs is 1. The Morgan fingerprint density at radius 2 is 1.71 bits per heavy atom. The van der Waals surface area contributed by atoms with E-state index in [1.807, 2.05) is 0 Å². The van der Waals surface area contributed by atoms with Crippen molar-refractivity contribution in [3.63, 3.8) is 0 Å². The van der Waals surface area contributed by atoms with Gasteiger partial charge in [0.2, 0.25) is 0 Å². The van der Waals surface area contributed by atoms with Crippen LogP contribution in [0.3, 0.4) is 0 Å². The summed E-state index contributed by atoms with van der Waals surface area (Å²) >= 11 is 0. The standard InChI is InChI=1S/C21H38/c1-9-14(3)18(6,10-2)16(5)20(8)19(7)13-15(4)21(19,20)17-11-12-17/h14-17H,9-13H2,1-8H3. The van der Waals surface area contributed by atoms with Crippen LogP contribution >= 0.6 is 0 Å². The van der Waals surface area contributed by atoms with Gasteiger partial charge < -0.3 is 0 Å². The molecule has 0 aromatic carbocycles. The lowest BCUT2D eigenvalue weighted by Crippen LogP contribution is -2.39. The molecular formula is C21H38. The number of hydrogen-bond acceptors (Lipinski definition) is 0. The Bertz CT molecular complexity index is 431. The molecule has 3 aliphatic rings. The first-order valence-electron chi connectivity index (χ1n) is 9.68. The molecule has 3 aliphatic carbocycles. The van der Waals surface area contributed by atoms with Crippen LogP contribution in [0.15, 0.2) is 0 Å². The average Bonchev–Trinajstić information content (AvgIpc) is 3.33. The molecule has 7 atom stereocenters. The summed E-state index contributed by atoms with van der Waals surface area (Å²) in [6, 6.07) is 0. The zero-order valence-corrected chi connectivity index (χ0v) is 15.8. The minimum Gasteiger partial charge on any atom is -0.0651 e. The van der Waals surface area contributed by atoms with Gasteiger partial charge in [0.15, 0.2) is 0 Å². The molecule has 0 aliphatic heterocycles. The smallest absolute Gasteiger partial charge is 0.0122 e. The summed E-state index contributed by atoms with van der Waals surface area (Å²) in [5.74, 6) is 3.72. The molecule has 122 valence electrons. The molecule has 0 amide bonds. The minimum atomic E-state index is 0.505. The molecule has 7 unspecified atom stereocenters. The van der Waals surface area contributed by atoms with E-state index in [-0.39, 0.29) is 0 Å². The lowest BCUT2D eigenvalue weighted by atomic mass is 9.59. The molecule has 0 spiro atoms. The van der Waals surface area contributed by atoms with Crippen molar-refractivity contribution < 1.29 is 0 Å². The maximum absolute atomic E-state index is 2.69. The van der Waals surface area contributed by atoms with E-state index < -0.39 is 0 Å². The summed E-state index contributed by atoms with van der Waals surface area (Å²) in [5, 5.41) is 0. The summed E-state index contributed by atoms with van der Waals surface area (Å²) in [6.07, 6.45) is 7.20. The van der Waals surface area contributed by atoms with Crippen molar-refractivity contribution >= 4 is 0 Å². The third kappa shape index (κ3) is 1.40. The Labute approximate surface area is 133 Å².